The average Bonchev–Trinajstić information content (AvgIpc) is 1.88. The van der Waals surface area contributed by atoms with E-state index in [4.69, 9.17) is 0 Å². The zero-order valence-corrected chi connectivity index (χ0v) is 6.94. The third-order valence-corrected chi connectivity index (χ3v) is 1.56. The van der Waals surface area contributed by atoms with Gasteiger partial charge in [-0.2, -0.15) is 12.6 Å². The molecule has 0 aliphatic heterocycles. The lowest BCUT2D eigenvalue weighted by Gasteiger charge is -1.96. The Morgan fingerprint density at radius 2 is 2.30 bits per heavy atom. The van der Waals surface area contributed by atoms with E-state index >= 15 is 0 Å². The zero-order valence-electron chi connectivity index (χ0n) is 6.04. The second-order valence-corrected chi connectivity index (χ2v) is 2.79. The predicted molar refractivity (Wildman–Crippen MR) is 46.5 cm³/mol. The summed E-state index contributed by atoms with van der Waals surface area (Å²) in [6.45, 7) is 2.05. The van der Waals surface area contributed by atoms with Crippen molar-refractivity contribution in [2.24, 2.45) is 0 Å². The fourth-order valence-electron chi connectivity index (χ4n) is 0.883. The normalized spacial score (nSPS) is 9.80. The van der Waals surface area contributed by atoms with Crippen LogP contribution in [0.1, 0.15) is 11.1 Å². The Balaban J connectivity index is 2.75. The molecule has 0 radical (unpaired) electrons. The fraction of sp³-hybridized carbons (Fsp3) is 0.375. The number of pyridine rings is 1. The van der Waals surface area contributed by atoms with E-state index in [-0.39, 0.29) is 0 Å². The van der Waals surface area contributed by atoms with Crippen molar-refractivity contribution >= 4 is 12.6 Å². The van der Waals surface area contributed by atoms with Gasteiger partial charge in [0.05, 0.1) is 0 Å². The lowest BCUT2D eigenvalue weighted by atomic mass is 10.2. The number of hydrogen-bond donors (Lipinski definition) is 1. The summed E-state index contributed by atoms with van der Waals surface area (Å²) in [5, 5.41) is 0. The molecule has 54 valence electrons. The molecule has 0 N–H and O–H groups in total. The van der Waals surface area contributed by atoms with Gasteiger partial charge in [-0.15, -0.1) is 0 Å². The van der Waals surface area contributed by atoms with Crippen LogP contribution in [0.25, 0.3) is 0 Å². The van der Waals surface area contributed by atoms with Crippen molar-refractivity contribution in [1.82, 2.24) is 4.98 Å². The van der Waals surface area contributed by atoms with E-state index in [1.807, 2.05) is 12.4 Å². The van der Waals surface area contributed by atoms with Crippen LogP contribution in [0, 0.1) is 6.92 Å². The van der Waals surface area contributed by atoms with Crippen molar-refractivity contribution in [1.29, 1.82) is 0 Å². The molecule has 0 fully saturated rings. The molecule has 1 aromatic rings. The molecule has 0 spiro atoms. The number of aryl methyl sites for hydroxylation is 2. The summed E-state index contributed by atoms with van der Waals surface area (Å²) in [7, 11) is 0. The minimum Gasteiger partial charge on any atom is -0.264 e. The van der Waals surface area contributed by atoms with Crippen LogP contribution in [0.2, 0.25) is 0 Å². The van der Waals surface area contributed by atoms with E-state index in [1.165, 1.54) is 11.1 Å². The molecule has 0 aliphatic carbocycles. The van der Waals surface area contributed by atoms with Crippen molar-refractivity contribution in [3.05, 3.63) is 29.6 Å². The Morgan fingerprint density at radius 1 is 1.50 bits per heavy atom. The third-order valence-electron chi connectivity index (χ3n) is 1.33. The summed E-state index contributed by atoms with van der Waals surface area (Å²) in [6, 6.07) is 2.14. The molecule has 1 aromatic heterocycles. The zero-order chi connectivity index (χ0) is 7.40. The van der Waals surface area contributed by atoms with Crippen LogP contribution in [0.3, 0.4) is 0 Å². The number of thiol groups is 1. The van der Waals surface area contributed by atoms with Crippen molar-refractivity contribution in [3.8, 4) is 0 Å². The van der Waals surface area contributed by atoms with Gasteiger partial charge in [-0.1, -0.05) is 6.07 Å². The lowest BCUT2D eigenvalue weighted by Crippen LogP contribution is -1.87. The van der Waals surface area contributed by atoms with E-state index in [0.717, 1.165) is 12.2 Å². The molecule has 0 saturated carbocycles. The van der Waals surface area contributed by atoms with Crippen molar-refractivity contribution in [2.45, 2.75) is 13.3 Å². The maximum Gasteiger partial charge on any atom is 0.0300 e. The number of hydrogen-bond acceptors (Lipinski definition) is 2. The highest BCUT2D eigenvalue weighted by molar-refractivity contribution is 7.80. The first-order valence-corrected chi connectivity index (χ1v) is 3.97. The van der Waals surface area contributed by atoms with Crippen molar-refractivity contribution in [2.75, 3.05) is 5.75 Å². The second kappa shape index (κ2) is 3.62. The highest BCUT2D eigenvalue weighted by Gasteiger charge is 1.90. The smallest absolute Gasteiger partial charge is 0.0300 e. The largest absolute Gasteiger partial charge is 0.264 e. The van der Waals surface area contributed by atoms with Crippen LogP contribution >= 0.6 is 12.6 Å². The summed E-state index contributed by atoms with van der Waals surface area (Å²) in [6.07, 6.45) is 4.77. The van der Waals surface area contributed by atoms with Gasteiger partial charge in [0.2, 0.25) is 0 Å². The topological polar surface area (TPSA) is 12.9 Å². The van der Waals surface area contributed by atoms with Crippen LogP contribution in [-0.2, 0) is 6.42 Å². The molecule has 0 saturated heterocycles. The Hall–Kier alpha value is -0.500. The van der Waals surface area contributed by atoms with Crippen molar-refractivity contribution in [3.63, 3.8) is 0 Å². The molecule has 1 rings (SSSR count). The molecule has 0 aliphatic rings. The van der Waals surface area contributed by atoms with E-state index in [1.54, 1.807) is 0 Å². The molecule has 0 atom stereocenters. The first kappa shape index (κ1) is 7.61. The molecule has 0 unspecified atom stereocenters. The van der Waals surface area contributed by atoms with Crippen LogP contribution in [0.4, 0.5) is 0 Å². The average molecular weight is 153 g/mol. The van der Waals surface area contributed by atoms with Crippen LogP contribution in [-0.4, -0.2) is 10.7 Å². The van der Waals surface area contributed by atoms with E-state index in [9.17, 15) is 0 Å². The number of aromatic nitrogens is 1. The van der Waals surface area contributed by atoms with Gasteiger partial charge in [0, 0.05) is 12.4 Å². The first-order valence-electron chi connectivity index (χ1n) is 3.34. The maximum absolute atomic E-state index is 4.14. The van der Waals surface area contributed by atoms with Gasteiger partial charge in [0.1, 0.15) is 0 Å². The lowest BCUT2D eigenvalue weighted by molar-refractivity contribution is 1.10. The van der Waals surface area contributed by atoms with Gasteiger partial charge in [0.15, 0.2) is 0 Å². The molecule has 2 heteroatoms. The quantitative estimate of drug-likeness (QED) is 0.640. The molecule has 10 heavy (non-hydrogen) atoms. The molecule has 1 nitrogen and oxygen atoms in total. The Labute approximate surface area is 66.9 Å². The standard InChI is InChI=1S/C8H11NS/c1-7-4-8(2-3-10)6-9-5-7/h4-6,10H,2-3H2,1H3. The minimum atomic E-state index is 0.894. The SMILES string of the molecule is Cc1cncc(CCS)c1. The number of nitrogens with zero attached hydrogens (tertiary/aromatic N) is 1. The van der Waals surface area contributed by atoms with Gasteiger partial charge in [0.25, 0.3) is 0 Å². The van der Waals surface area contributed by atoms with Gasteiger partial charge < -0.3 is 0 Å². The van der Waals surface area contributed by atoms with Crippen LogP contribution in [0.15, 0.2) is 18.5 Å². The molecular weight excluding hydrogens is 142 g/mol. The molecule has 0 bridgehead atoms. The maximum atomic E-state index is 4.14. The summed E-state index contributed by atoms with van der Waals surface area (Å²) in [5.74, 6) is 0.894. The minimum absolute atomic E-state index is 0.894. The molecule has 0 aromatic carbocycles. The third kappa shape index (κ3) is 2.03. The predicted octanol–water partition coefficient (Wildman–Crippen LogP) is 1.86. The van der Waals surface area contributed by atoms with Crippen LogP contribution < -0.4 is 0 Å². The highest BCUT2D eigenvalue weighted by Crippen LogP contribution is 2.02. The summed E-state index contributed by atoms with van der Waals surface area (Å²) in [4.78, 5) is 4.07. The summed E-state index contributed by atoms with van der Waals surface area (Å²) in [5.41, 5.74) is 2.49. The second-order valence-electron chi connectivity index (χ2n) is 2.34. The Kier molecular flexibility index (Phi) is 2.75. The summed E-state index contributed by atoms with van der Waals surface area (Å²) >= 11 is 4.14. The first-order chi connectivity index (χ1) is 4.83. The molecular formula is C8H11NS. The van der Waals surface area contributed by atoms with E-state index in [0.29, 0.717) is 0 Å². The van der Waals surface area contributed by atoms with E-state index < -0.39 is 0 Å². The van der Waals surface area contributed by atoms with E-state index in [2.05, 4.69) is 30.6 Å². The highest BCUT2D eigenvalue weighted by atomic mass is 32.1. The molecule has 1 heterocycles. The molecule has 0 amide bonds. The fourth-order valence-corrected chi connectivity index (χ4v) is 1.14. The van der Waals surface area contributed by atoms with Gasteiger partial charge in [-0.25, -0.2) is 0 Å². The van der Waals surface area contributed by atoms with Gasteiger partial charge in [-0.3, -0.25) is 4.98 Å². The summed E-state index contributed by atoms with van der Waals surface area (Å²) < 4.78 is 0. The monoisotopic (exact) mass is 153 g/mol. The number of rotatable bonds is 2. The Bertz CT molecular complexity index is 210. The van der Waals surface area contributed by atoms with Gasteiger partial charge in [-0.05, 0) is 30.2 Å². The van der Waals surface area contributed by atoms with Crippen molar-refractivity contribution < 1.29 is 0 Å². The van der Waals surface area contributed by atoms with Crippen LogP contribution in [0.5, 0.6) is 0 Å². The Morgan fingerprint density at radius 3 is 2.90 bits per heavy atom. The van der Waals surface area contributed by atoms with Gasteiger partial charge >= 0.3 is 0 Å².